The maximum absolute atomic E-state index is 13.7. The van der Waals surface area contributed by atoms with E-state index in [2.05, 4.69) is 78.8 Å². The van der Waals surface area contributed by atoms with Crippen LogP contribution in [0.2, 0.25) is 0 Å². The van der Waals surface area contributed by atoms with Crippen molar-refractivity contribution in [1.82, 2.24) is 9.62 Å². The molecule has 5 atom stereocenters. The van der Waals surface area contributed by atoms with E-state index in [1.54, 1.807) is 11.9 Å². The van der Waals surface area contributed by atoms with Crippen LogP contribution in [0.25, 0.3) is 0 Å². The predicted octanol–water partition coefficient (Wildman–Crippen LogP) is 7.44. The van der Waals surface area contributed by atoms with Crippen LogP contribution in [0.15, 0.2) is 12.1 Å². The largest absolute Gasteiger partial charge is 0.506 e. The van der Waals surface area contributed by atoms with Crippen LogP contribution in [-0.2, 0) is 13.5 Å². The van der Waals surface area contributed by atoms with Crippen molar-refractivity contribution in [2.45, 2.75) is 104 Å². The third kappa shape index (κ3) is 10.8. The SMILES string of the molecule is CC(C)[OH+]C1CCCCC1NCC1CCC(F)CC1[CH]=[Ru]([Cl])[Cl].CSN1[CH-]N(c2c(C)cc(C)cc2C)CC1. The molecule has 3 aliphatic rings. The van der Waals surface area contributed by atoms with Gasteiger partial charge in [-0.3, -0.25) is 0 Å². The zero-order chi connectivity index (χ0) is 28.5. The molecule has 0 spiro atoms. The number of nitrogens with one attached hydrogen (secondary N) is 1. The summed E-state index contributed by atoms with van der Waals surface area (Å²) in [7, 11) is 12.1. The van der Waals surface area contributed by atoms with Gasteiger partial charge in [-0.05, 0) is 44.7 Å². The molecule has 1 heterocycles. The third-order valence-electron chi connectivity index (χ3n) is 8.07. The first kappa shape index (κ1) is 33.8. The van der Waals surface area contributed by atoms with Gasteiger partial charge in [-0.25, -0.2) is 0 Å². The first-order chi connectivity index (χ1) is 18.6. The van der Waals surface area contributed by atoms with E-state index in [-0.39, 0.29) is 5.92 Å². The Bertz CT molecular complexity index is 912. The molecule has 2 aliphatic carbocycles. The fraction of sp³-hybridized carbons (Fsp3) is 0.733. The Morgan fingerprint density at radius 3 is 2.44 bits per heavy atom. The van der Waals surface area contributed by atoms with Gasteiger partial charge in [-0.15, -0.1) is 11.9 Å². The molecule has 5 unspecified atom stereocenters. The number of aliphatic hydroxyl groups is 2. The molecule has 0 bridgehead atoms. The molecule has 1 aliphatic heterocycles. The summed E-state index contributed by atoms with van der Waals surface area (Å²) in [5.74, 6) is 0.710. The van der Waals surface area contributed by atoms with E-state index in [4.69, 9.17) is 24.1 Å². The Morgan fingerprint density at radius 1 is 1.13 bits per heavy atom. The average molecular weight is 692 g/mol. The number of hydrogen-bond donors (Lipinski definition) is 1. The summed E-state index contributed by atoms with van der Waals surface area (Å²) in [5, 5.41) is 3.76. The van der Waals surface area contributed by atoms with Crippen LogP contribution < -0.4 is 10.2 Å². The Morgan fingerprint density at radius 2 is 1.82 bits per heavy atom. The fourth-order valence-corrected chi connectivity index (χ4v) is 9.45. The van der Waals surface area contributed by atoms with E-state index in [1.165, 1.54) is 48.1 Å². The van der Waals surface area contributed by atoms with Gasteiger partial charge in [0, 0.05) is 12.2 Å². The molecular weight excluding hydrogens is 641 g/mol. The van der Waals surface area contributed by atoms with E-state index in [1.807, 2.05) is 0 Å². The van der Waals surface area contributed by atoms with Gasteiger partial charge in [-0.2, -0.15) is 6.67 Å². The summed E-state index contributed by atoms with van der Waals surface area (Å²) in [4.78, 5) is 2.36. The number of alkyl halides is 1. The summed E-state index contributed by atoms with van der Waals surface area (Å²) < 4.78 is 23.0. The Kier molecular flexibility index (Phi) is 14.5. The number of aryl methyl sites for hydroxylation is 3. The first-order valence-electron chi connectivity index (χ1n) is 14.5. The monoisotopic (exact) mass is 691 g/mol. The summed E-state index contributed by atoms with van der Waals surface area (Å²) in [6.07, 6.45) is 9.45. The quantitative estimate of drug-likeness (QED) is 0.133. The van der Waals surface area contributed by atoms with Gasteiger partial charge in [0.15, 0.2) is 0 Å². The summed E-state index contributed by atoms with van der Waals surface area (Å²) in [6, 6.07) is 5.01. The van der Waals surface area contributed by atoms with Crippen molar-refractivity contribution in [2.24, 2.45) is 11.8 Å². The molecule has 1 aromatic rings. The zero-order valence-corrected chi connectivity index (χ0v) is 28.6. The summed E-state index contributed by atoms with van der Waals surface area (Å²) >= 11 is -0.0535. The second-order valence-electron chi connectivity index (χ2n) is 11.6. The molecule has 2 saturated carbocycles. The Hall–Kier alpha value is 0.253. The van der Waals surface area contributed by atoms with E-state index < -0.39 is 19.7 Å². The van der Waals surface area contributed by atoms with Crippen LogP contribution in [0.4, 0.5) is 10.1 Å². The van der Waals surface area contributed by atoms with Gasteiger partial charge in [0.25, 0.3) is 0 Å². The summed E-state index contributed by atoms with van der Waals surface area (Å²) in [5.41, 5.74) is 5.47. The number of ether oxygens (including phenoxy) is 1. The van der Waals surface area contributed by atoms with Crippen molar-refractivity contribution < 1.29 is 22.6 Å². The van der Waals surface area contributed by atoms with Crippen LogP contribution in [0.5, 0.6) is 0 Å². The normalized spacial score (nSPS) is 28.3. The maximum Gasteiger partial charge on any atom is 0.0142 e. The third-order valence-corrected chi connectivity index (χ3v) is 11.1. The number of benzene rings is 1. The Balaban J connectivity index is 0.000000230. The molecule has 3 fully saturated rings. The van der Waals surface area contributed by atoms with Crippen LogP contribution >= 0.6 is 31.3 Å². The van der Waals surface area contributed by atoms with Crippen LogP contribution in [0.3, 0.4) is 0 Å². The van der Waals surface area contributed by atoms with Crippen molar-refractivity contribution in [1.29, 1.82) is 0 Å². The van der Waals surface area contributed by atoms with Crippen molar-refractivity contribution in [3.8, 4) is 0 Å². The fourth-order valence-electron chi connectivity index (χ4n) is 6.35. The molecule has 1 saturated heterocycles. The molecule has 0 aromatic heterocycles. The second-order valence-corrected chi connectivity index (χ2v) is 18.3. The molecule has 4 rings (SSSR count). The number of halogens is 3. The molecule has 0 radical (unpaired) electrons. The van der Waals surface area contributed by atoms with Crippen molar-refractivity contribution in [2.75, 3.05) is 30.8 Å². The molecule has 4 nitrogen and oxygen atoms in total. The minimum Gasteiger partial charge on any atom is -0.506 e. The minimum atomic E-state index is -1.84. The molecule has 9 heteroatoms. The first-order valence-corrected chi connectivity index (χ1v) is 21.1. The van der Waals surface area contributed by atoms with Gasteiger partial charge < -0.3 is 9.21 Å². The zero-order valence-electron chi connectivity index (χ0n) is 24.6. The van der Waals surface area contributed by atoms with Crippen molar-refractivity contribution in [3.63, 3.8) is 0 Å². The van der Waals surface area contributed by atoms with E-state index in [0.717, 1.165) is 26.1 Å². The molecule has 226 valence electrons. The van der Waals surface area contributed by atoms with Crippen LogP contribution in [-0.4, -0.2) is 64.0 Å². The molecule has 39 heavy (non-hydrogen) atoms. The number of nitrogens with zero attached hydrogens (tertiary/aromatic N) is 2. The Labute approximate surface area is 254 Å². The second kappa shape index (κ2) is 16.8. The number of rotatable bonds is 8. The molecule has 2 N–H and O–H groups in total. The van der Waals surface area contributed by atoms with Gasteiger partial charge >= 0.3 is 154 Å². The van der Waals surface area contributed by atoms with E-state index in [9.17, 15) is 4.39 Å². The molecule has 0 amide bonds. The summed E-state index contributed by atoms with van der Waals surface area (Å²) in [6.45, 7) is 16.2. The van der Waals surface area contributed by atoms with Gasteiger partial charge in [0.05, 0.1) is 0 Å². The number of hydrogen-bond acceptors (Lipinski definition) is 4. The molecule has 1 aromatic carbocycles. The maximum atomic E-state index is 13.7. The van der Waals surface area contributed by atoms with E-state index in [0.29, 0.717) is 37.0 Å². The van der Waals surface area contributed by atoms with Crippen LogP contribution in [0, 0.1) is 39.3 Å². The standard InChI is InChI=1S/C17H30FNO.C13H19N2S.2ClH.Ru/c1-12(2)20-17-7-5-4-6-16(17)19-11-14-8-9-15(18)10-13(14)3;1-10-7-11(2)13(12(3)8-10)14-5-6-15(9-14)16-4;;;/h3,12-17,19H,4-11H2,1-2H3;7-9H,5-6H2,1-4H3;2*1H;/q;-1;;;+2/p-1. The van der Waals surface area contributed by atoms with Gasteiger partial charge in [0.2, 0.25) is 0 Å². The average Bonchev–Trinajstić information content (AvgIpc) is 3.32. The van der Waals surface area contributed by atoms with Gasteiger partial charge in [0.1, 0.15) is 0 Å². The number of anilines is 1. The minimum absolute atomic E-state index is 0.240. The van der Waals surface area contributed by atoms with E-state index >= 15 is 0 Å². The van der Waals surface area contributed by atoms with Crippen molar-refractivity contribution in [3.05, 3.63) is 35.5 Å². The van der Waals surface area contributed by atoms with Gasteiger partial charge in [-0.1, -0.05) is 17.7 Å². The topological polar surface area (TPSA) is 31.3 Å². The van der Waals surface area contributed by atoms with Crippen molar-refractivity contribution >= 4 is 41.6 Å². The predicted molar refractivity (Wildman–Crippen MR) is 167 cm³/mol. The smallest absolute Gasteiger partial charge is 0.0142 e. The van der Waals surface area contributed by atoms with Crippen LogP contribution in [0.1, 0.15) is 75.5 Å². The molecular formula is C30H50Cl2FN3ORuS.